The van der Waals surface area contributed by atoms with Gasteiger partial charge < -0.3 is 15.1 Å². The minimum Gasteiger partial charge on any atom is -0.377 e. The molecule has 3 rings (SSSR count). The van der Waals surface area contributed by atoms with Gasteiger partial charge in [-0.15, -0.1) is 0 Å². The van der Waals surface area contributed by atoms with Crippen LogP contribution in [-0.4, -0.2) is 30.8 Å². The average molecular weight is 492 g/mol. The van der Waals surface area contributed by atoms with Crippen molar-refractivity contribution in [2.75, 3.05) is 24.3 Å². The summed E-state index contributed by atoms with van der Waals surface area (Å²) in [6.45, 7) is 8.26. The van der Waals surface area contributed by atoms with Gasteiger partial charge in [0.2, 0.25) is 5.91 Å². The predicted molar refractivity (Wildman–Crippen MR) is 145 cm³/mol. The van der Waals surface area contributed by atoms with Gasteiger partial charge in [-0.2, -0.15) is 0 Å². The SMILES string of the molecule is C[C@H](c1ccccc1)N(Cc1cc(NC(=O)c2ccccc2Cl)ccc1N(C)C)C(=O)C(C)(C)C. The highest BCUT2D eigenvalue weighted by molar-refractivity contribution is 6.34. The van der Waals surface area contributed by atoms with Crippen molar-refractivity contribution < 1.29 is 9.59 Å². The molecular formula is C29H34ClN3O2. The Balaban J connectivity index is 1.98. The van der Waals surface area contributed by atoms with Gasteiger partial charge in [0.15, 0.2) is 0 Å². The first kappa shape index (κ1) is 26.3. The lowest BCUT2D eigenvalue weighted by Gasteiger charge is -2.35. The second-order valence-corrected chi connectivity index (χ2v) is 10.3. The van der Waals surface area contributed by atoms with Crippen LogP contribution < -0.4 is 10.2 Å². The molecule has 5 nitrogen and oxygen atoms in total. The molecule has 3 aromatic rings. The van der Waals surface area contributed by atoms with E-state index in [-0.39, 0.29) is 17.9 Å². The van der Waals surface area contributed by atoms with Crippen molar-refractivity contribution in [2.45, 2.75) is 40.3 Å². The molecule has 184 valence electrons. The van der Waals surface area contributed by atoms with E-state index in [1.54, 1.807) is 24.3 Å². The molecule has 0 saturated carbocycles. The van der Waals surface area contributed by atoms with Gasteiger partial charge in [-0.05, 0) is 48.4 Å². The number of carbonyl (C=O) groups excluding carboxylic acids is 2. The predicted octanol–water partition coefficient (Wildman–Crippen LogP) is 6.79. The number of hydrogen-bond donors (Lipinski definition) is 1. The highest BCUT2D eigenvalue weighted by Crippen LogP contribution is 2.32. The van der Waals surface area contributed by atoms with Crippen LogP contribution in [0.15, 0.2) is 72.8 Å². The molecule has 0 heterocycles. The molecule has 0 saturated heterocycles. The van der Waals surface area contributed by atoms with Gasteiger partial charge in [0.1, 0.15) is 0 Å². The largest absolute Gasteiger partial charge is 0.377 e. The number of benzene rings is 3. The molecular weight excluding hydrogens is 458 g/mol. The first-order valence-electron chi connectivity index (χ1n) is 11.7. The molecule has 3 aromatic carbocycles. The van der Waals surface area contributed by atoms with Gasteiger partial charge in [-0.3, -0.25) is 9.59 Å². The fourth-order valence-electron chi connectivity index (χ4n) is 3.98. The molecule has 1 N–H and O–H groups in total. The van der Waals surface area contributed by atoms with Crippen LogP contribution in [0.2, 0.25) is 5.02 Å². The summed E-state index contributed by atoms with van der Waals surface area (Å²) in [7, 11) is 3.94. The van der Waals surface area contributed by atoms with E-state index in [0.717, 1.165) is 16.8 Å². The smallest absolute Gasteiger partial charge is 0.257 e. The molecule has 1 atom stereocenters. The molecule has 0 radical (unpaired) electrons. The number of rotatable bonds is 7. The summed E-state index contributed by atoms with van der Waals surface area (Å²) in [6, 6.07) is 22.6. The average Bonchev–Trinajstić information content (AvgIpc) is 2.81. The third kappa shape index (κ3) is 6.43. The van der Waals surface area contributed by atoms with E-state index in [9.17, 15) is 9.59 Å². The molecule has 0 aliphatic heterocycles. The molecule has 0 unspecified atom stereocenters. The third-order valence-corrected chi connectivity index (χ3v) is 6.26. The van der Waals surface area contributed by atoms with Gasteiger partial charge >= 0.3 is 0 Å². The molecule has 0 spiro atoms. The van der Waals surface area contributed by atoms with E-state index < -0.39 is 5.41 Å². The summed E-state index contributed by atoms with van der Waals surface area (Å²) in [6.07, 6.45) is 0. The zero-order chi connectivity index (χ0) is 25.8. The summed E-state index contributed by atoms with van der Waals surface area (Å²) in [5.74, 6) is -0.219. The maximum Gasteiger partial charge on any atom is 0.257 e. The van der Waals surface area contributed by atoms with Gasteiger partial charge in [0, 0.05) is 37.4 Å². The highest BCUT2D eigenvalue weighted by Gasteiger charge is 2.31. The zero-order valence-electron chi connectivity index (χ0n) is 21.3. The van der Waals surface area contributed by atoms with Gasteiger partial charge in [-0.1, -0.05) is 74.8 Å². The van der Waals surface area contributed by atoms with E-state index in [1.165, 1.54) is 0 Å². The molecule has 0 bridgehead atoms. The van der Waals surface area contributed by atoms with Crippen molar-refractivity contribution >= 4 is 34.8 Å². The van der Waals surface area contributed by atoms with E-state index in [4.69, 9.17) is 11.6 Å². The van der Waals surface area contributed by atoms with Crippen LogP contribution in [0, 0.1) is 5.41 Å². The van der Waals surface area contributed by atoms with E-state index in [0.29, 0.717) is 22.8 Å². The Hall–Kier alpha value is -3.31. The molecule has 0 fully saturated rings. The molecule has 0 aliphatic rings. The summed E-state index contributed by atoms with van der Waals surface area (Å²) < 4.78 is 0. The molecule has 6 heteroatoms. The normalized spacial score (nSPS) is 12.1. The molecule has 2 amide bonds. The van der Waals surface area contributed by atoms with Crippen LogP contribution in [0.25, 0.3) is 0 Å². The number of nitrogens with zero attached hydrogens (tertiary/aromatic N) is 2. The lowest BCUT2D eigenvalue weighted by molar-refractivity contribution is -0.142. The second kappa shape index (κ2) is 11.0. The Kier molecular flexibility index (Phi) is 8.23. The molecule has 0 aliphatic carbocycles. The first-order valence-corrected chi connectivity index (χ1v) is 12.1. The number of anilines is 2. The number of nitrogens with one attached hydrogen (secondary N) is 1. The summed E-state index contributed by atoms with van der Waals surface area (Å²) in [5.41, 5.74) is 3.50. The topological polar surface area (TPSA) is 52.7 Å². The van der Waals surface area contributed by atoms with Crippen LogP contribution in [0.4, 0.5) is 11.4 Å². The fourth-order valence-corrected chi connectivity index (χ4v) is 4.20. The second-order valence-electron chi connectivity index (χ2n) is 9.94. The minimum atomic E-state index is -0.544. The van der Waals surface area contributed by atoms with Crippen molar-refractivity contribution in [3.63, 3.8) is 0 Å². The van der Waals surface area contributed by atoms with Crippen LogP contribution in [0.3, 0.4) is 0 Å². The van der Waals surface area contributed by atoms with Gasteiger partial charge in [-0.25, -0.2) is 0 Å². The van der Waals surface area contributed by atoms with E-state index >= 15 is 0 Å². The van der Waals surface area contributed by atoms with Crippen LogP contribution in [-0.2, 0) is 11.3 Å². The fraction of sp³-hybridized carbons (Fsp3) is 0.310. The summed E-state index contributed by atoms with van der Waals surface area (Å²) in [5, 5.41) is 3.35. The zero-order valence-corrected chi connectivity index (χ0v) is 22.1. The van der Waals surface area contributed by atoms with Crippen molar-refractivity contribution in [3.8, 4) is 0 Å². The number of hydrogen-bond acceptors (Lipinski definition) is 3. The van der Waals surface area contributed by atoms with Crippen LogP contribution in [0.1, 0.15) is 55.2 Å². The van der Waals surface area contributed by atoms with E-state index in [2.05, 4.69) is 12.2 Å². The Morgan fingerprint density at radius 1 is 0.943 bits per heavy atom. The van der Waals surface area contributed by atoms with Crippen LogP contribution >= 0.6 is 11.6 Å². The van der Waals surface area contributed by atoms with Crippen LogP contribution in [0.5, 0.6) is 0 Å². The third-order valence-electron chi connectivity index (χ3n) is 5.93. The monoisotopic (exact) mass is 491 g/mol. The standard InChI is InChI=1S/C29H34ClN3O2/c1-20(21-12-8-7-9-13-21)33(28(35)29(2,3)4)19-22-18-23(16-17-26(22)32(5)6)31-27(34)24-14-10-11-15-25(24)30/h7-18,20H,19H2,1-6H3,(H,31,34)/t20-/m1/s1. The molecule has 35 heavy (non-hydrogen) atoms. The Labute approximate surface area is 213 Å². The Bertz CT molecular complexity index is 1190. The lowest BCUT2D eigenvalue weighted by atomic mass is 9.92. The van der Waals surface area contributed by atoms with Crippen molar-refractivity contribution in [3.05, 3.63) is 94.5 Å². The molecule has 0 aromatic heterocycles. The number of carbonyl (C=O) groups is 2. The van der Waals surface area contributed by atoms with E-state index in [1.807, 2.05) is 93.2 Å². The van der Waals surface area contributed by atoms with Crippen molar-refractivity contribution in [1.29, 1.82) is 0 Å². The Morgan fingerprint density at radius 3 is 2.17 bits per heavy atom. The maximum atomic E-state index is 13.6. The van der Waals surface area contributed by atoms with Crippen molar-refractivity contribution in [2.24, 2.45) is 5.41 Å². The number of halogens is 1. The highest BCUT2D eigenvalue weighted by atomic mass is 35.5. The Morgan fingerprint density at radius 2 is 1.57 bits per heavy atom. The first-order chi connectivity index (χ1) is 16.5. The van der Waals surface area contributed by atoms with Gasteiger partial charge in [0.25, 0.3) is 5.91 Å². The lowest BCUT2D eigenvalue weighted by Crippen LogP contribution is -2.40. The summed E-state index contributed by atoms with van der Waals surface area (Å²) in [4.78, 5) is 30.4. The minimum absolute atomic E-state index is 0.0593. The maximum absolute atomic E-state index is 13.6. The van der Waals surface area contributed by atoms with Gasteiger partial charge in [0.05, 0.1) is 16.6 Å². The number of amides is 2. The quantitative estimate of drug-likeness (QED) is 0.395. The van der Waals surface area contributed by atoms with Crippen molar-refractivity contribution in [1.82, 2.24) is 4.90 Å². The summed E-state index contributed by atoms with van der Waals surface area (Å²) >= 11 is 6.21.